The van der Waals surface area contributed by atoms with Crippen molar-refractivity contribution in [2.24, 2.45) is 0 Å². The number of halogens is 3. The summed E-state index contributed by atoms with van der Waals surface area (Å²) in [6.07, 6.45) is 2.75. The maximum Gasteiger partial charge on any atom is 0.260 e. The molecule has 0 fully saturated rings. The van der Waals surface area contributed by atoms with Crippen molar-refractivity contribution in [3.05, 3.63) is 51.7 Å². The number of carbonyl (C=O) groups is 1. The van der Waals surface area contributed by atoms with E-state index in [0.717, 1.165) is 0 Å². The van der Waals surface area contributed by atoms with Crippen LogP contribution in [0.2, 0.25) is 5.15 Å². The van der Waals surface area contributed by atoms with E-state index in [4.69, 9.17) is 11.6 Å². The molecular weight excluding hydrogens is 324 g/mol. The van der Waals surface area contributed by atoms with Crippen LogP contribution in [0.4, 0.5) is 10.1 Å². The summed E-state index contributed by atoms with van der Waals surface area (Å²) in [5.74, 6) is -1.48. The van der Waals surface area contributed by atoms with Crippen LogP contribution in [0.15, 0.2) is 35.1 Å². The summed E-state index contributed by atoms with van der Waals surface area (Å²) in [6, 6.07) is 4.37. The smallest absolute Gasteiger partial charge is 0.260 e. The second-order valence-corrected chi connectivity index (χ2v) is 4.56. The van der Waals surface area contributed by atoms with E-state index in [1.807, 2.05) is 0 Å². The summed E-state index contributed by atoms with van der Waals surface area (Å²) in [5.41, 5.74) is 0.132. The van der Waals surface area contributed by atoms with Crippen LogP contribution in [0, 0.1) is 5.95 Å². The van der Waals surface area contributed by atoms with Gasteiger partial charge in [0, 0.05) is 16.9 Å². The predicted octanol–water partition coefficient (Wildman–Crippen LogP) is 3.28. The molecule has 0 saturated heterocycles. The van der Waals surface area contributed by atoms with Crippen LogP contribution in [-0.4, -0.2) is 15.9 Å². The predicted molar refractivity (Wildman–Crippen MR) is 69.1 cm³/mol. The van der Waals surface area contributed by atoms with E-state index in [9.17, 15) is 9.18 Å². The summed E-state index contributed by atoms with van der Waals surface area (Å²) in [4.78, 5) is 19.0. The molecule has 0 spiro atoms. The molecule has 0 saturated carbocycles. The highest BCUT2D eigenvalue weighted by molar-refractivity contribution is 9.10. The van der Waals surface area contributed by atoms with Crippen molar-refractivity contribution in [2.75, 3.05) is 5.32 Å². The fourth-order valence-corrected chi connectivity index (χ4v) is 1.74. The van der Waals surface area contributed by atoms with E-state index in [-0.39, 0.29) is 10.7 Å². The van der Waals surface area contributed by atoms with Crippen molar-refractivity contribution in [2.45, 2.75) is 0 Å². The van der Waals surface area contributed by atoms with Crippen LogP contribution in [0.25, 0.3) is 0 Å². The number of aromatic nitrogens is 2. The normalized spacial score (nSPS) is 10.2. The van der Waals surface area contributed by atoms with Crippen LogP contribution in [0.1, 0.15) is 10.4 Å². The van der Waals surface area contributed by atoms with Gasteiger partial charge in [-0.1, -0.05) is 11.6 Å². The zero-order valence-corrected chi connectivity index (χ0v) is 11.2. The van der Waals surface area contributed by atoms with Gasteiger partial charge in [-0.3, -0.25) is 4.79 Å². The van der Waals surface area contributed by atoms with Crippen molar-refractivity contribution in [3.63, 3.8) is 0 Å². The van der Waals surface area contributed by atoms with Crippen LogP contribution >= 0.6 is 27.5 Å². The first-order valence-corrected chi connectivity index (χ1v) is 5.98. The minimum Gasteiger partial charge on any atom is -0.319 e. The molecule has 0 unspecified atom stereocenters. The minimum absolute atomic E-state index is 0.121. The topological polar surface area (TPSA) is 54.9 Å². The maximum absolute atomic E-state index is 13.3. The van der Waals surface area contributed by atoms with Gasteiger partial charge in [-0.2, -0.15) is 4.39 Å². The first-order valence-electron chi connectivity index (χ1n) is 4.81. The third-order valence-corrected chi connectivity index (χ3v) is 2.79. The fraction of sp³-hybridized carbons (Fsp3) is 0. The van der Waals surface area contributed by atoms with Gasteiger partial charge in [-0.25, -0.2) is 9.97 Å². The second kappa shape index (κ2) is 5.41. The number of pyridine rings is 2. The number of nitrogens with one attached hydrogen (secondary N) is 1. The lowest BCUT2D eigenvalue weighted by molar-refractivity contribution is 0.102. The number of nitrogens with zero attached hydrogens (tertiary/aromatic N) is 2. The Morgan fingerprint density at radius 3 is 2.94 bits per heavy atom. The fourth-order valence-electron chi connectivity index (χ4n) is 1.26. The van der Waals surface area contributed by atoms with Gasteiger partial charge in [0.1, 0.15) is 0 Å². The molecule has 0 radical (unpaired) electrons. The summed E-state index contributed by atoms with van der Waals surface area (Å²) in [5, 5.41) is 2.59. The Bertz CT molecular complexity index is 609. The van der Waals surface area contributed by atoms with Gasteiger partial charge in [-0.15, -0.1) is 0 Å². The Hall–Kier alpha value is -1.53. The molecule has 2 rings (SSSR count). The molecule has 1 amide bonds. The number of carbonyl (C=O) groups excluding carboxylic acids is 1. The van der Waals surface area contributed by atoms with Crippen molar-refractivity contribution in [3.8, 4) is 0 Å². The van der Waals surface area contributed by atoms with E-state index in [2.05, 4.69) is 31.2 Å². The molecule has 0 aliphatic carbocycles. The third kappa shape index (κ3) is 2.83. The van der Waals surface area contributed by atoms with Gasteiger partial charge < -0.3 is 5.32 Å². The van der Waals surface area contributed by atoms with Crippen LogP contribution in [-0.2, 0) is 0 Å². The molecule has 1 N–H and O–H groups in total. The van der Waals surface area contributed by atoms with E-state index in [1.54, 1.807) is 6.07 Å². The summed E-state index contributed by atoms with van der Waals surface area (Å²) < 4.78 is 13.9. The lowest BCUT2D eigenvalue weighted by Gasteiger charge is -2.07. The Morgan fingerprint density at radius 1 is 1.44 bits per heavy atom. The number of hydrogen-bond donors (Lipinski definition) is 1. The molecule has 0 aliphatic rings. The zero-order valence-electron chi connectivity index (χ0n) is 8.82. The molecule has 2 aromatic heterocycles. The van der Waals surface area contributed by atoms with Crippen molar-refractivity contribution in [1.29, 1.82) is 0 Å². The molecular formula is C11H6BrClFN3O. The monoisotopic (exact) mass is 329 g/mol. The summed E-state index contributed by atoms with van der Waals surface area (Å²) in [6.45, 7) is 0. The zero-order chi connectivity index (χ0) is 13.1. The average Bonchev–Trinajstić information content (AvgIpc) is 2.34. The number of rotatable bonds is 2. The lowest BCUT2D eigenvalue weighted by Crippen LogP contribution is -2.15. The first-order chi connectivity index (χ1) is 8.58. The molecule has 4 nitrogen and oxygen atoms in total. The second-order valence-electron chi connectivity index (χ2n) is 3.29. The van der Waals surface area contributed by atoms with Crippen molar-refractivity contribution < 1.29 is 9.18 Å². The highest BCUT2D eigenvalue weighted by Crippen LogP contribution is 2.23. The van der Waals surface area contributed by atoms with E-state index < -0.39 is 11.9 Å². The Labute approximate surface area is 115 Å². The summed E-state index contributed by atoms with van der Waals surface area (Å²) in [7, 11) is 0. The molecule has 0 atom stereocenters. The average molecular weight is 331 g/mol. The molecule has 7 heteroatoms. The molecule has 2 heterocycles. The van der Waals surface area contributed by atoms with Gasteiger partial charge in [0.15, 0.2) is 5.15 Å². The Kier molecular flexibility index (Phi) is 3.88. The van der Waals surface area contributed by atoms with Gasteiger partial charge in [0.05, 0.1) is 11.3 Å². The van der Waals surface area contributed by atoms with Crippen molar-refractivity contribution >= 4 is 39.1 Å². The Morgan fingerprint density at radius 2 is 2.22 bits per heavy atom. The van der Waals surface area contributed by atoms with Crippen LogP contribution < -0.4 is 5.32 Å². The number of hydrogen-bond acceptors (Lipinski definition) is 3. The van der Waals surface area contributed by atoms with Crippen LogP contribution in [0.3, 0.4) is 0 Å². The van der Waals surface area contributed by atoms with Gasteiger partial charge in [0.2, 0.25) is 5.95 Å². The van der Waals surface area contributed by atoms with Gasteiger partial charge in [0.25, 0.3) is 5.91 Å². The quantitative estimate of drug-likeness (QED) is 0.860. The lowest BCUT2D eigenvalue weighted by atomic mass is 10.2. The van der Waals surface area contributed by atoms with E-state index >= 15 is 0 Å². The standard InChI is InChI=1S/C11H6BrClFN3O/c12-6-4-8(9(13)16-5-6)17-11(18)7-2-1-3-15-10(7)14/h1-5H,(H,17,18). The Balaban J connectivity index is 2.27. The molecule has 18 heavy (non-hydrogen) atoms. The SMILES string of the molecule is O=C(Nc1cc(Br)cnc1Cl)c1cccnc1F. The largest absolute Gasteiger partial charge is 0.319 e. The van der Waals surface area contributed by atoms with Crippen LogP contribution in [0.5, 0.6) is 0 Å². The molecule has 0 aliphatic heterocycles. The van der Waals surface area contributed by atoms with Gasteiger partial charge >= 0.3 is 0 Å². The first kappa shape index (κ1) is 12.9. The van der Waals surface area contributed by atoms with E-state index in [1.165, 1.54) is 24.5 Å². The van der Waals surface area contributed by atoms with Crippen molar-refractivity contribution in [1.82, 2.24) is 9.97 Å². The van der Waals surface area contributed by atoms with Gasteiger partial charge in [-0.05, 0) is 34.1 Å². The molecule has 92 valence electrons. The number of anilines is 1. The molecule has 2 aromatic rings. The number of amides is 1. The van der Waals surface area contributed by atoms with E-state index in [0.29, 0.717) is 10.2 Å². The molecule has 0 aromatic carbocycles. The minimum atomic E-state index is -0.839. The third-order valence-electron chi connectivity index (χ3n) is 2.06. The maximum atomic E-state index is 13.3. The summed E-state index contributed by atoms with van der Waals surface area (Å²) >= 11 is 9.01. The molecule has 0 bridgehead atoms. The highest BCUT2D eigenvalue weighted by Gasteiger charge is 2.14. The highest BCUT2D eigenvalue weighted by atomic mass is 79.9.